The first-order valence-corrected chi connectivity index (χ1v) is 13.1. The zero-order valence-electron chi connectivity index (χ0n) is 21.3. The molecule has 0 unspecified atom stereocenters. The van der Waals surface area contributed by atoms with Crippen molar-refractivity contribution < 1.29 is 4.74 Å². The lowest BCUT2D eigenvalue weighted by Crippen LogP contribution is -2.29. The molecule has 0 saturated heterocycles. The lowest BCUT2D eigenvalue weighted by atomic mass is 9.84. The number of nitrogens with zero attached hydrogens (tertiary/aromatic N) is 1. The smallest absolute Gasteiger partial charge is 0.222 e. The Balaban J connectivity index is 1.52. The number of hydrogen-bond acceptors (Lipinski definition) is 2. The van der Waals surface area contributed by atoms with Gasteiger partial charge in [0.1, 0.15) is 5.70 Å². The molecule has 0 aromatic heterocycles. The second kappa shape index (κ2) is 7.66. The SMILES string of the molecule is Cc1cc(C)cc(C2=NC(=C3c4ccccc4-c4ccccc43)C3(O2)c2ccccc2-c2ccccc23)c1. The number of aliphatic imine (C=N–C) groups is 1. The molecule has 2 heteroatoms. The Morgan fingerprint density at radius 2 is 0.974 bits per heavy atom. The van der Waals surface area contributed by atoms with Gasteiger partial charge < -0.3 is 4.74 Å². The zero-order chi connectivity index (χ0) is 25.4. The van der Waals surface area contributed by atoms with Gasteiger partial charge in [0.05, 0.1) is 0 Å². The minimum atomic E-state index is -0.833. The van der Waals surface area contributed by atoms with Gasteiger partial charge in [-0.25, -0.2) is 4.99 Å². The molecule has 1 aliphatic heterocycles. The normalized spacial score (nSPS) is 15.6. The van der Waals surface area contributed by atoms with Crippen molar-refractivity contribution in [3.05, 3.63) is 160 Å². The molecule has 5 aromatic carbocycles. The quantitative estimate of drug-likeness (QED) is 0.228. The summed E-state index contributed by atoms with van der Waals surface area (Å²) in [6.45, 7) is 4.26. The molecule has 0 bridgehead atoms. The molecule has 1 spiro atoms. The van der Waals surface area contributed by atoms with Crippen LogP contribution in [0.5, 0.6) is 0 Å². The third kappa shape index (κ3) is 2.75. The van der Waals surface area contributed by atoms with Crippen molar-refractivity contribution in [2.24, 2.45) is 4.99 Å². The van der Waals surface area contributed by atoms with Crippen molar-refractivity contribution in [1.29, 1.82) is 0 Å². The molecule has 5 aromatic rings. The van der Waals surface area contributed by atoms with Crippen molar-refractivity contribution in [1.82, 2.24) is 0 Å². The highest BCUT2D eigenvalue weighted by molar-refractivity contribution is 6.07. The monoisotopic (exact) mass is 487 g/mol. The van der Waals surface area contributed by atoms with E-state index in [-0.39, 0.29) is 0 Å². The molecule has 8 rings (SSSR count). The Hall–Kier alpha value is -4.69. The fraction of sp³-hybridized carbons (Fsp3) is 0.0833. The van der Waals surface area contributed by atoms with Gasteiger partial charge in [0.2, 0.25) is 11.5 Å². The van der Waals surface area contributed by atoms with Gasteiger partial charge in [-0.15, -0.1) is 0 Å². The number of ether oxygens (including phenoxy) is 1. The number of hydrogen-bond donors (Lipinski definition) is 0. The van der Waals surface area contributed by atoms with Gasteiger partial charge in [0.15, 0.2) is 0 Å². The van der Waals surface area contributed by atoms with E-state index in [1.165, 1.54) is 44.5 Å². The molecule has 38 heavy (non-hydrogen) atoms. The summed E-state index contributed by atoms with van der Waals surface area (Å²) in [4.78, 5) is 5.43. The van der Waals surface area contributed by atoms with Crippen molar-refractivity contribution in [2.75, 3.05) is 0 Å². The first-order valence-electron chi connectivity index (χ1n) is 13.1. The Kier molecular flexibility index (Phi) is 4.31. The topological polar surface area (TPSA) is 21.6 Å². The minimum absolute atomic E-state index is 0.674. The summed E-state index contributed by atoms with van der Waals surface area (Å²) in [6, 6.07) is 41.2. The molecule has 0 atom stereocenters. The highest BCUT2D eigenvalue weighted by Crippen LogP contribution is 2.60. The first-order chi connectivity index (χ1) is 18.6. The Labute approximate surface area is 222 Å². The highest BCUT2D eigenvalue weighted by atomic mass is 16.5. The van der Waals surface area contributed by atoms with Gasteiger partial charge in [0.25, 0.3) is 0 Å². The number of benzene rings is 5. The summed E-state index contributed by atoms with van der Waals surface area (Å²) in [6.07, 6.45) is 0. The zero-order valence-corrected chi connectivity index (χ0v) is 21.3. The summed E-state index contributed by atoms with van der Waals surface area (Å²) in [5.74, 6) is 0.674. The van der Waals surface area contributed by atoms with Crippen LogP contribution in [0.4, 0.5) is 0 Å². The molecular weight excluding hydrogens is 462 g/mol. The van der Waals surface area contributed by atoms with E-state index in [9.17, 15) is 0 Å². The molecule has 3 aliphatic rings. The second-order valence-electron chi connectivity index (χ2n) is 10.5. The van der Waals surface area contributed by atoms with E-state index >= 15 is 0 Å². The van der Waals surface area contributed by atoms with Gasteiger partial charge in [0, 0.05) is 22.3 Å². The predicted molar refractivity (Wildman–Crippen MR) is 154 cm³/mol. The number of rotatable bonds is 1. The molecule has 1 heterocycles. The van der Waals surface area contributed by atoms with Crippen LogP contribution in [-0.4, -0.2) is 5.90 Å². The molecule has 2 nitrogen and oxygen atoms in total. The molecule has 0 amide bonds. The van der Waals surface area contributed by atoms with Gasteiger partial charge >= 0.3 is 0 Å². The van der Waals surface area contributed by atoms with Crippen LogP contribution in [0, 0.1) is 13.8 Å². The fourth-order valence-corrected chi connectivity index (χ4v) is 6.68. The lowest BCUT2D eigenvalue weighted by Gasteiger charge is -2.29. The summed E-state index contributed by atoms with van der Waals surface area (Å²) in [5.41, 5.74) is 14.3. The molecule has 2 aliphatic carbocycles. The van der Waals surface area contributed by atoms with Crippen LogP contribution in [0.1, 0.15) is 38.9 Å². The standard InChI is InChI=1S/C36H25NO/c1-22-19-23(2)21-24(20-22)35-37-34(33-29-15-5-3-11-25(29)26-12-4-6-16-30(26)33)36(38-35)31-17-9-7-13-27(31)28-14-8-10-18-32(28)36/h3-21H,1-2H3. The molecule has 0 fully saturated rings. The van der Waals surface area contributed by atoms with Crippen LogP contribution >= 0.6 is 0 Å². The summed E-state index contributed by atoms with van der Waals surface area (Å²) < 4.78 is 7.21. The van der Waals surface area contributed by atoms with E-state index in [1.807, 2.05) is 0 Å². The van der Waals surface area contributed by atoms with E-state index < -0.39 is 5.60 Å². The Morgan fingerprint density at radius 3 is 1.50 bits per heavy atom. The van der Waals surface area contributed by atoms with Crippen LogP contribution in [-0.2, 0) is 10.3 Å². The fourth-order valence-electron chi connectivity index (χ4n) is 6.68. The maximum Gasteiger partial charge on any atom is 0.222 e. The predicted octanol–water partition coefficient (Wildman–Crippen LogP) is 8.44. The molecule has 0 N–H and O–H groups in total. The van der Waals surface area contributed by atoms with E-state index in [1.54, 1.807) is 0 Å². The van der Waals surface area contributed by atoms with Crippen LogP contribution in [0.2, 0.25) is 0 Å². The largest absolute Gasteiger partial charge is 0.454 e. The van der Waals surface area contributed by atoms with Crippen LogP contribution in [0.15, 0.2) is 126 Å². The Morgan fingerprint density at radius 1 is 0.526 bits per heavy atom. The third-order valence-corrected chi connectivity index (χ3v) is 8.09. The molecule has 0 radical (unpaired) electrons. The van der Waals surface area contributed by atoms with Crippen molar-refractivity contribution in [2.45, 2.75) is 19.4 Å². The van der Waals surface area contributed by atoms with Gasteiger partial charge in [-0.3, -0.25) is 0 Å². The number of aryl methyl sites for hydroxylation is 2. The second-order valence-corrected chi connectivity index (χ2v) is 10.5. The summed E-state index contributed by atoms with van der Waals surface area (Å²) in [7, 11) is 0. The van der Waals surface area contributed by atoms with Crippen LogP contribution < -0.4 is 0 Å². The minimum Gasteiger partial charge on any atom is -0.454 e. The Bertz CT molecular complexity index is 1760. The van der Waals surface area contributed by atoms with E-state index in [4.69, 9.17) is 9.73 Å². The average Bonchev–Trinajstić information content (AvgIpc) is 3.58. The average molecular weight is 488 g/mol. The third-order valence-electron chi connectivity index (χ3n) is 8.09. The van der Waals surface area contributed by atoms with E-state index in [0.29, 0.717) is 5.90 Å². The van der Waals surface area contributed by atoms with E-state index in [2.05, 4.69) is 129 Å². The van der Waals surface area contributed by atoms with Gasteiger partial charge in [-0.1, -0.05) is 114 Å². The maximum absolute atomic E-state index is 7.21. The summed E-state index contributed by atoms with van der Waals surface area (Å²) in [5, 5.41) is 0. The van der Waals surface area contributed by atoms with Crippen molar-refractivity contribution in [3.63, 3.8) is 0 Å². The van der Waals surface area contributed by atoms with Crippen molar-refractivity contribution in [3.8, 4) is 22.3 Å². The van der Waals surface area contributed by atoms with Gasteiger partial charge in [-0.05, 0) is 59.4 Å². The molecular formula is C36H25NO. The number of fused-ring (bicyclic) bond motifs is 8. The van der Waals surface area contributed by atoms with Crippen molar-refractivity contribution >= 4 is 11.5 Å². The maximum atomic E-state index is 7.21. The lowest BCUT2D eigenvalue weighted by molar-refractivity contribution is 0.162. The molecule has 180 valence electrons. The van der Waals surface area contributed by atoms with E-state index in [0.717, 1.165) is 28.0 Å². The van der Waals surface area contributed by atoms with Crippen LogP contribution in [0.25, 0.3) is 27.8 Å². The first kappa shape index (κ1) is 21.4. The van der Waals surface area contributed by atoms with Crippen LogP contribution in [0.3, 0.4) is 0 Å². The highest BCUT2D eigenvalue weighted by Gasteiger charge is 2.54. The molecule has 0 saturated carbocycles. The van der Waals surface area contributed by atoms with Gasteiger partial charge in [-0.2, -0.15) is 0 Å². The summed E-state index contributed by atoms with van der Waals surface area (Å²) >= 11 is 0.